The van der Waals surface area contributed by atoms with Crippen molar-refractivity contribution in [2.24, 2.45) is 0 Å². The molecule has 0 spiro atoms. The van der Waals surface area contributed by atoms with Crippen molar-refractivity contribution in [3.8, 4) is 0 Å². The van der Waals surface area contributed by atoms with Crippen LogP contribution in [0.2, 0.25) is 0 Å². The minimum atomic E-state index is -4.50. The molecule has 3 N–H and O–H groups in total. The zero-order valence-electron chi connectivity index (χ0n) is 10.2. The summed E-state index contributed by atoms with van der Waals surface area (Å²) in [4.78, 5) is 18.0. The molecule has 19 heavy (non-hydrogen) atoms. The molecule has 1 heterocycles. The van der Waals surface area contributed by atoms with Crippen LogP contribution in [-0.2, 0) is 11.0 Å². The normalized spacial score (nSPS) is 11.2. The molecule has 0 aliphatic rings. The van der Waals surface area contributed by atoms with Crippen LogP contribution in [0.15, 0.2) is 12.3 Å². The topological polar surface area (TPSA) is 78.9 Å². The number of nitrogens with one attached hydrogen (secondary N) is 3. The van der Waals surface area contributed by atoms with E-state index in [1.165, 1.54) is 0 Å². The fraction of sp³-hybridized carbons (Fsp3) is 0.500. The van der Waals surface area contributed by atoms with Crippen LogP contribution in [0.4, 0.5) is 19.1 Å². The van der Waals surface area contributed by atoms with Crippen LogP contribution in [0.25, 0.3) is 0 Å². The van der Waals surface area contributed by atoms with Crippen molar-refractivity contribution in [1.29, 1.82) is 0 Å². The van der Waals surface area contributed by atoms with Gasteiger partial charge in [-0.25, -0.2) is 9.97 Å². The Balaban J connectivity index is 2.40. The van der Waals surface area contributed by atoms with Crippen molar-refractivity contribution < 1.29 is 18.0 Å². The van der Waals surface area contributed by atoms with E-state index in [0.717, 1.165) is 12.3 Å². The van der Waals surface area contributed by atoms with Gasteiger partial charge in [0.2, 0.25) is 11.9 Å². The van der Waals surface area contributed by atoms with Gasteiger partial charge in [-0.05, 0) is 13.1 Å². The molecule has 1 amide bonds. The standard InChI is InChI=1S/C10H14F3N5O/c1-14-6-8(19)15-4-5-17-9-16-3-2-7(18-9)10(11,12)13/h2-3,14H,4-6H2,1H3,(H,15,19)(H,16,17,18). The average Bonchev–Trinajstić information content (AvgIpc) is 2.34. The summed E-state index contributed by atoms with van der Waals surface area (Å²) in [5, 5.41) is 7.82. The van der Waals surface area contributed by atoms with E-state index in [2.05, 4.69) is 25.9 Å². The van der Waals surface area contributed by atoms with Crippen LogP contribution in [0.1, 0.15) is 5.69 Å². The molecule has 106 valence electrons. The third kappa shape index (κ3) is 5.51. The Hall–Kier alpha value is -1.90. The largest absolute Gasteiger partial charge is 0.433 e. The molecule has 9 heteroatoms. The van der Waals surface area contributed by atoms with E-state index in [4.69, 9.17) is 0 Å². The lowest BCUT2D eigenvalue weighted by Crippen LogP contribution is -2.35. The quantitative estimate of drug-likeness (QED) is 0.649. The van der Waals surface area contributed by atoms with Gasteiger partial charge in [-0.1, -0.05) is 0 Å². The number of likely N-dealkylation sites (N-methyl/N-ethyl adjacent to an activating group) is 1. The summed E-state index contributed by atoms with van der Waals surface area (Å²) in [6, 6.07) is 0.792. The summed E-state index contributed by atoms with van der Waals surface area (Å²) in [6.45, 7) is 0.678. The third-order valence-corrected chi connectivity index (χ3v) is 2.01. The van der Waals surface area contributed by atoms with Crippen molar-refractivity contribution in [3.63, 3.8) is 0 Å². The molecule has 0 aliphatic heterocycles. The number of halogens is 3. The smallest absolute Gasteiger partial charge is 0.353 e. The highest BCUT2D eigenvalue weighted by Gasteiger charge is 2.32. The number of anilines is 1. The SMILES string of the molecule is CNCC(=O)NCCNc1nccc(C(F)(F)F)n1. The minimum Gasteiger partial charge on any atom is -0.353 e. The maximum Gasteiger partial charge on any atom is 0.433 e. The van der Waals surface area contributed by atoms with Gasteiger partial charge in [0.05, 0.1) is 6.54 Å². The average molecular weight is 277 g/mol. The van der Waals surface area contributed by atoms with Crippen molar-refractivity contribution in [2.75, 3.05) is 32.0 Å². The minimum absolute atomic E-state index is 0.127. The number of aromatic nitrogens is 2. The Labute approximate surface area is 107 Å². The second kappa shape index (κ2) is 6.88. The van der Waals surface area contributed by atoms with E-state index in [1.54, 1.807) is 7.05 Å². The Bertz CT molecular complexity index is 424. The monoisotopic (exact) mass is 277 g/mol. The predicted molar refractivity (Wildman–Crippen MR) is 62.5 cm³/mol. The zero-order chi connectivity index (χ0) is 14.3. The summed E-state index contributed by atoms with van der Waals surface area (Å²) in [5.41, 5.74) is -1.01. The molecule has 1 aromatic rings. The molecular weight excluding hydrogens is 263 g/mol. The van der Waals surface area contributed by atoms with Crippen LogP contribution in [0.3, 0.4) is 0 Å². The second-order valence-corrected chi connectivity index (χ2v) is 3.57. The Morgan fingerprint density at radius 3 is 2.74 bits per heavy atom. The maximum atomic E-state index is 12.4. The molecule has 0 bridgehead atoms. The van der Waals surface area contributed by atoms with Crippen LogP contribution < -0.4 is 16.0 Å². The van der Waals surface area contributed by atoms with Gasteiger partial charge in [0.15, 0.2) is 0 Å². The molecule has 0 atom stereocenters. The van der Waals surface area contributed by atoms with Gasteiger partial charge in [-0.15, -0.1) is 0 Å². The first kappa shape index (κ1) is 15.2. The number of hydrogen-bond donors (Lipinski definition) is 3. The van der Waals surface area contributed by atoms with Gasteiger partial charge in [-0.2, -0.15) is 13.2 Å². The van der Waals surface area contributed by atoms with E-state index in [1.807, 2.05) is 0 Å². The van der Waals surface area contributed by atoms with Crippen molar-refractivity contribution >= 4 is 11.9 Å². The molecule has 0 unspecified atom stereocenters. The van der Waals surface area contributed by atoms with Gasteiger partial charge in [0.1, 0.15) is 5.69 Å². The number of carbonyl (C=O) groups excluding carboxylic acids is 1. The van der Waals surface area contributed by atoms with Gasteiger partial charge in [0.25, 0.3) is 0 Å². The molecule has 0 aliphatic carbocycles. The number of hydrogen-bond acceptors (Lipinski definition) is 5. The summed E-state index contributed by atoms with van der Waals surface area (Å²) < 4.78 is 37.1. The number of nitrogens with zero attached hydrogens (tertiary/aromatic N) is 2. The van der Waals surface area contributed by atoms with E-state index in [0.29, 0.717) is 0 Å². The summed E-state index contributed by atoms with van der Waals surface area (Å²) in [6.07, 6.45) is -3.47. The summed E-state index contributed by atoms with van der Waals surface area (Å²) in [5.74, 6) is -0.327. The van der Waals surface area contributed by atoms with Crippen molar-refractivity contribution in [3.05, 3.63) is 18.0 Å². The predicted octanol–water partition coefficient (Wildman–Crippen LogP) is 0.243. The molecule has 1 rings (SSSR count). The Morgan fingerprint density at radius 2 is 2.11 bits per heavy atom. The van der Waals surface area contributed by atoms with Crippen LogP contribution in [0.5, 0.6) is 0 Å². The number of carbonyl (C=O) groups is 1. The molecule has 0 radical (unpaired) electrons. The molecule has 0 fully saturated rings. The summed E-state index contributed by atoms with van der Waals surface area (Å²) in [7, 11) is 1.63. The van der Waals surface area contributed by atoms with E-state index < -0.39 is 11.9 Å². The van der Waals surface area contributed by atoms with Crippen LogP contribution in [0, 0.1) is 0 Å². The number of alkyl halides is 3. The lowest BCUT2D eigenvalue weighted by molar-refractivity contribution is -0.141. The first-order valence-corrected chi connectivity index (χ1v) is 5.49. The van der Waals surface area contributed by atoms with Gasteiger partial charge >= 0.3 is 6.18 Å². The molecule has 6 nitrogen and oxygen atoms in total. The maximum absolute atomic E-state index is 12.4. The lowest BCUT2D eigenvalue weighted by Gasteiger charge is -2.09. The first-order valence-electron chi connectivity index (χ1n) is 5.49. The van der Waals surface area contributed by atoms with Crippen LogP contribution in [-0.4, -0.2) is 42.6 Å². The van der Waals surface area contributed by atoms with Crippen molar-refractivity contribution in [2.45, 2.75) is 6.18 Å². The van der Waals surface area contributed by atoms with Gasteiger partial charge in [0, 0.05) is 19.3 Å². The Kier molecular flexibility index (Phi) is 5.49. The fourth-order valence-electron chi connectivity index (χ4n) is 1.20. The molecule has 0 saturated heterocycles. The highest BCUT2D eigenvalue weighted by molar-refractivity contribution is 5.77. The van der Waals surface area contributed by atoms with Gasteiger partial charge in [-0.3, -0.25) is 4.79 Å². The molecule has 0 saturated carbocycles. The number of rotatable bonds is 6. The van der Waals surface area contributed by atoms with E-state index >= 15 is 0 Å². The second-order valence-electron chi connectivity index (χ2n) is 3.57. The van der Waals surface area contributed by atoms with Crippen LogP contribution >= 0.6 is 0 Å². The molecule has 1 aromatic heterocycles. The highest BCUT2D eigenvalue weighted by Crippen LogP contribution is 2.27. The molecular formula is C10H14F3N5O. The highest BCUT2D eigenvalue weighted by atomic mass is 19.4. The summed E-state index contributed by atoms with van der Waals surface area (Å²) >= 11 is 0. The van der Waals surface area contributed by atoms with E-state index in [9.17, 15) is 18.0 Å². The number of amides is 1. The first-order chi connectivity index (χ1) is 8.93. The molecule has 0 aromatic carbocycles. The zero-order valence-corrected chi connectivity index (χ0v) is 10.2. The fourth-order valence-corrected chi connectivity index (χ4v) is 1.20. The Morgan fingerprint density at radius 1 is 1.37 bits per heavy atom. The lowest BCUT2D eigenvalue weighted by atomic mass is 10.4. The van der Waals surface area contributed by atoms with Crippen molar-refractivity contribution in [1.82, 2.24) is 20.6 Å². The van der Waals surface area contributed by atoms with E-state index in [-0.39, 0.29) is 31.5 Å². The third-order valence-electron chi connectivity index (χ3n) is 2.01. The van der Waals surface area contributed by atoms with Gasteiger partial charge < -0.3 is 16.0 Å².